The van der Waals surface area contributed by atoms with Crippen molar-refractivity contribution in [3.8, 4) is 0 Å². The van der Waals surface area contributed by atoms with Crippen LogP contribution in [0.1, 0.15) is 51.2 Å². The van der Waals surface area contributed by atoms with Crippen LogP contribution in [0, 0.1) is 11.6 Å². The molecule has 0 radical (unpaired) electrons. The molecule has 1 N–H and O–H groups in total. The second kappa shape index (κ2) is 7.45. The first-order valence-electron chi connectivity index (χ1n) is 7.69. The summed E-state index contributed by atoms with van der Waals surface area (Å²) < 4.78 is 29.0. The zero-order valence-corrected chi connectivity index (χ0v) is 14.6. The molecule has 0 saturated carbocycles. The molecule has 6 heteroatoms. The smallest absolute Gasteiger partial charge is 0.127 e. The van der Waals surface area contributed by atoms with Crippen LogP contribution in [-0.2, 0) is 6.42 Å². The third-order valence-electron chi connectivity index (χ3n) is 3.41. The lowest BCUT2D eigenvalue weighted by atomic mass is 10.1. The maximum atomic E-state index is 13.5. The second-order valence-corrected chi connectivity index (χ2v) is 7.08. The summed E-state index contributed by atoms with van der Waals surface area (Å²) in [5.41, 5.74) is 0.886. The number of aliphatic hydroxyl groups is 1. The molecule has 0 aliphatic rings. The highest BCUT2D eigenvalue weighted by molar-refractivity contribution is 7.99. The van der Waals surface area contributed by atoms with E-state index in [1.165, 1.54) is 23.9 Å². The highest BCUT2D eigenvalue weighted by atomic mass is 32.2. The van der Waals surface area contributed by atoms with Crippen LogP contribution in [0.15, 0.2) is 28.1 Å². The molecule has 0 atom stereocenters. The minimum atomic E-state index is -0.593. The van der Waals surface area contributed by atoms with Crippen molar-refractivity contribution in [2.45, 2.75) is 56.0 Å². The maximum Gasteiger partial charge on any atom is 0.127 e. The number of halogens is 2. The first kappa shape index (κ1) is 17.9. The van der Waals surface area contributed by atoms with Gasteiger partial charge in [0.05, 0.1) is 12.3 Å². The van der Waals surface area contributed by atoms with Gasteiger partial charge < -0.3 is 9.67 Å². The fourth-order valence-corrected chi connectivity index (χ4v) is 3.83. The van der Waals surface area contributed by atoms with Gasteiger partial charge in [-0.25, -0.2) is 13.8 Å². The summed E-state index contributed by atoms with van der Waals surface area (Å²) in [6.07, 6.45) is 0.454. The van der Waals surface area contributed by atoms with Crippen LogP contribution in [0.3, 0.4) is 0 Å². The van der Waals surface area contributed by atoms with E-state index in [4.69, 9.17) is 0 Å². The molecule has 0 aliphatic heterocycles. The molecule has 1 aromatic heterocycles. The van der Waals surface area contributed by atoms with Gasteiger partial charge in [0.2, 0.25) is 0 Å². The number of imidazole rings is 1. The highest BCUT2D eigenvalue weighted by Gasteiger charge is 2.22. The van der Waals surface area contributed by atoms with E-state index in [2.05, 4.69) is 4.98 Å². The summed E-state index contributed by atoms with van der Waals surface area (Å²) in [7, 11) is 0. The summed E-state index contributed by atoms with van der Waals surface area (Å²) in [4.78, 5) is 5.16. The number of benzene rings is 1. The van der Waals surface area contributed by atoms with Crippen LogP contribution in [0.25, 0.3) is 0 Å². The fourth-order valence-electron chi connectivity index (χ4n) is 2.47. The number of aliphatic hydroxyl groups excluding tert-OH is 1. The van der Waals surface area contributed by atoms with Crippen molar-refractivity contribution in [2.24, 2.45) is 0 Å². The molecule has 1 aromatic carbocycles. The summed E-state index contributed by atoms with van der Waals surface area (Å²) in [6.45, 7) is 8.14. The molecule has 0 aliphatic carbocycles. The Morgan fingerprint density at radius 1 is 1.13 bits per heavy atom. The SMILES string of the molecule is CC(C)c1nc(CCO)n(C(C)C)c1Sc1cc(F)cc(F)c1. The van der Waals surface area contributed by atoms with Gasteiger partial charge in [0.15, 0.2) is 0 Å². The average Bonchev–Trinajstić information content (AvgIpc) is 2.76. The highest BCUT2D eigenvalue weighted by Crippen LogP contribution is 2.37. The third kappa shape index (κ3) is 4.12. The van der Waals surface area contributed by atoms with Gasteiger partial charge in [0.25, 0.3) is 0 Å². The van der Waals surface area contributed by atoms with E-state index in [9.17, 15) is 13.9 Å². The first-order chi connectivity index (χ1) is 10.8. The third-order valence-corrected chi connectivity index (χ3v) is 4.49. The van der Waals surface area contributed by atoms with E-state index in [0.717, 1.165) is 22.6 Å². The van der Waals surface area contributed by atoms with Crippen LogP contribution in [0.2, 0.25) is 0 Å². The van der Waals surface area contributed by atoms with E-state index >= 15 is 0 Å². The monoisotopic (exact) mass is 340 g/mol. The van der Waals surface area contributed by atoms with Gasteiger partial charge >= 0.3 is 0 Å². The van der Waals surface area contributed by atoms with Crippen LogP contribution in [0.5, 0.6) is 0 Å². The Bertz CT molecular complexity index is 663. The van der Waals surface area contributed by atoms with E-state index < -0.39 is 11.6 Å². The van der Waals surface area contributed by atoms with Crippen molar-refractivity contribution < 1.29 is 13.9 Å². The predicted octanol–water partition coefficient (Wildman–Crippen LogP) is 4.55. The Labute approximate surface area is 139 Å². The Balaban J connectivity index is 2.53. The maximum absolute atomic E-state index is 13.5. The molecule has 2 aromatic rings. The number of aromatic nitrogens is 2. The molecule has 0 fully saturated rings. The number of hydrogen-bond acceptors (Lipinski definition) is 3. The standard InChI is InChI=1S/C17H22F2N2OS/c1-10(2)16-17(21(11(3)4)15(20-16)5-6-22)23-14-8-12(18)7-13(19)9-14/h7-11,22H,5-6H2,1-4H3. The molecule has 0 bridgehead atoms. The molecular weight excluding hydrogens is 318 g/mol. The lowest BCUT2D eigenvalue weighted by molar-refractivity contribution is 0.293. The summed E-state index contributed by atoms with van der Waals surface area (Å²) >= 11 is 1.31. The van der Waals surface area contributed by atoms with Crippen molar-refractivity contribution in [3.05, 3.63) is 41.4 Å². The van der Waals surface area contributed by atoms with E-state index in [1.807, 2.05) is 32.3 Å². The van der Waals surface area contributed by atoms with Crippen molar-refractivity contribution in [3.63, 3.8) is 0 Å². The lowest BCUT2D eigenvalue weighted by Crippen LogP contribution is -2.09. The second-order valence-electron chi connectivity index (χ2n) is 6.02. The van der Waals surface area contributed by atoms with Gasteiger partial charge in [-0.15, -0.1) is 0 Å². The van der Waals surface area contributed by atoms with Crippen LogP contribution in [-0.4, -0.2) is 21.3 Å². The molecule has 0 amide bonds. The molecule has 0 spiro atoms. The van der Waals surface area contributed by atoms with E-state index in [0.29, 0.717) is 11.3 Å². The topological polar surface area (TPSA) is 38.1 Å². The molecule has 23 heavy (non-hydrogen) atoms. The van der Waals surface area contributed by atoms with E-state index in [1.54, 1.807) is 0 Å². The predicted molar refractivity (Wildman–Crippen MR) is 88.0 cm³/mol. The lowest BCUT2D eigenvalue weighted by Gasteiger charge is -2.16. The quantitative estimate of drug-likeness (QED) is 0.838. The normalized spacial score (nSPS) is 11.7. The molecule has 0 saturated heterocycles. The molecule has 3 nitrogen and oxygen atoms in total. The Kier molecular flexibility index (Phi) is 5.81. The first-order valence-corrected chi connectivity index (χ1v) is 8.51. The minimum absolute atomic E-state index is 0.0139. The molecule has 126 valence electrons. The Morgan fingerprint density at radius 3 is 2.22 bits per heavy atom. The van der Waals surface area contributed by atoms with Crippen molar-refractivity contribution in [2.75, 3.05) is 6.61 Å². The van der Waals surface area contributed by atoms with Gasteiger partial charge in [0.1, 0.15) is 22.5 Å². The molecule has 0 unspecified atom stereocenters. The van der Waals surface area contributed by atoms with Gasteiger partial charge in [-0.05, 0) is 31.9 Å². The van der Waals surface area contributed by atoms with Gasteiger partial charge in [-0.2, -0.15) is 0 Å². The number of nitrogens with zero attached hydrogens (tertiary/aromatic N) is 2. The van der Waals surface area contributed by atoms with Gasteiger partial charge in [-0.1, -0.05) is 25.6 Å². The molecule has 1 heterocycles. The van der Waals surface area contributed by atoms with Crippen molar-refractivity contribution in [1.29, 1.82) is 0 Å². The summed E-state index contributed by atoms with van der Waals surface area (Å²) in [5, 5.41) is 10.1. The summed E-state index contributed by atoms with van der Waals surface area (Å²) in [6, 6.07) is 3.64. The largest absolute Gasteiger partial charge is 0.396 e. The van der Waals surface area contributed by atoms with Crippen LogP contribution in [0.4, 0.5) is 8.78 Å². The van der Waals surface area contributed by atoms with Crippen LogP contribution >= 0.6 is 11.8 Å². The minimum Gasteiger partial charge on any atom is -0.396 e. The average molecular weight is 340 g/mol. The molecule has 2 rings (SSSR count). The van der Waals surface area contributed by atoms with Crippen molar-refractivity contribution >= 4 is 11.8 Å². The van der Waals surface area contributed by atoms with Gasteiger partial charge in [0, 0.05) is 23.4 Å². The fraction of sp³-hybridized carbons (Fsp3) is 0.471. The van der Waals surface area contributed by atoms with Gasteiger partial charge in [-0.3, -0.25) is 0 Å². The summed E-state index contributed by atoms with van der Waals surface area (Å²) in [5.74, 6) is -0.214. The molecular formula is C17H22F2N2OS. The zero-order chi connectivity index (χ0) is 17.1. The Hall–Kier alpha value is -1.40. The van der Waals surface area contributed by atoms with Crippen LogP contribution < -0.4 is 0 Å². The van der Waals surface area contributed by atoms with Crippen molar-refractivity contribution in [1.82, 2.24) is 9.55 Å². The van der Waals surface area contributed by atoms with E-state index in [-0.39, 0.29) is 18.6 Å². The Morgan fingerprint density at radius 2 is 1.74 bits per heavy atom. The number of hydrogen-bond donors (Lipinski definition) is 1. The zero-order valence-electron chi connectivity index (χ0n) is 13.8. The number of rotatable bonds is 6.